The molecule has 0 radical (unpaired) electrons. The molecule has 0 spiro atoms. The molecule has 5 heteroatoms. The molecular weight excluding hydrogens is 232 g/mol. The summed E-state index contributed by atoms with van der Waals surface area (Å²) in [6, 6.07) is 6.72. The lowest BCUT2D eigenvalue weighted by atomic mass is 9.91. The van der Waals surface area contributed by atoms with Gasteiger partial charge in [0.1, 0.15) is 11.9 Å². The number of benzene rings is 1. The topological polar surface area (TPSA) is 67.2 Å². The number of aromatic hydroxyl groups is 1. The molecule has 2 aliphatic rings. The van der Waals surface area contributed by atoms with Crippen LogP contribution in [0.2, 0.25) is 0 Å². The Morgan fingerprint density at radius 3 is 2.06 bits per heavy atom. The van der Waals surface area contributed by atoms with Crippen LogP contribution in [0.25, 0.3) is 0 Å². The number of hydroxylamine groups is 4. The predicted octanol–water partition coefficient (Wildman–Crippen LogP) is 2.10. The summed E-state index contributed by atoms with van der Waals surface area (Å²) in [5, 5.41) is 32.8. The molecule has 2 atom stereocenters. The Morgan fingerprint density at radius 2 is 1.50 bits per heavy atom. The molecule has 5 nitrogen and oxygen atoms in total. The van der Waals surface area contributed by atoms with Gasteiger partial charge in [-0.1, -0.05) is 31.0 Å². The van der Waals surface area contributed by atoms with Crippen molar-refractivity contribution in [1.82, 2.24) is 10.1 Å². The average Bonchev–Trinajstić information content (AvgIpc) is 2.64. The van der Waals surface area contributed by atoms with Gasteiger partial charge in [0, 0.05) is 5.56 Å². The summed E-state index contributed by atoms with van der Waals surface area (Å²) in [6.07, 6.45) is 3.23. The highest BCUT2D eigenvalue weighted by Crippen LogP contribution is 2.42. The average molecular weight is 250 g/mol. The van der Waals surface area contributed by atoms with Crippen molar-refractivity contribution < 1.29 is 15.5 Å². The van der Waals surface area contributed by atoms with Crippen LogP contribution in [0, 0.1) is 0 Å². The van der Waals surface area contributed by atoms with Gasteiger partial charge < -0.3 is 15.5 Å². The van der Waals surface area contributed by atoms with Crippen molar-refractivity contribution in [2.75, 3.05) is 0 Å². The molecule has 1 saturated heterocycles. The van der Waals surface area contributed by atoms with Crippen LogP contribution in [-0.2, 0) is 0 Å². The maximum absolute atomic E-state index is 10.3. The zero-order valence-electron chi connectivity index (χ0n) is 10.1. The van der Waals surface area contributed by atoms with Crippen LogP contribution in [-0.4, -0.2) is 37.7 Å². The van der Waals surface area contributed by atoms with E-state index in [1.54, 1.807) is 24.3 Å². The molecule has 1 aliphatic carbocycles. The van der Waals surface area contributed by atoms with E-state index in [9.17, 15) is 15.5 Å². The van der Waals surface area contributed by atoms with E-state index in [0.29, 0.717) is 5.56 Å². The van der Waals surface area contributed by atoms with Crippen LogP contribution in [0.4, 0.5) is 0 Å². The van der Waals surface area contributed by atoms with Crippen molar-refractivity contribution in [2.45, 2.75) is 43.9 Å². The molecule has 0 bridgehead atoms. The van der Waals surface area contributed by atoms with E-state index in [0.717, 1.165) is 25.7 Å². The van der Waals surface area contributed by atoms with Gasteiger partial charge in [-0.05, 0) is 18.9 Å². The molecule has 0 amide bonds. The van der Waals surface area contributed by atoms with Gasteiger partial charge in [-0.25, -0.2) is 0 Å². The summed E-state index contributed by atoms with van der Waals surface area (Å²) in [5.41, 5.74) is 0.539. The highest BCUT2D eigenvalue weighted by atomic mass is 16.6. The number of rotatable bonds is 1. The van der Waals surface area contributed by atoms with E-state index in [1.165, 1.54) is 10.1 Å². The van der Waals surface area contributed by atoms with Crippen molar-refractivity contribution >= 4 is 0 Å². The Morgan fingerprint density at radius 1 is 0.944 bits per heavy atom. The number of fused-ring (bicyclic) bond motifs is 1. The number of hydrogen-bond acceptors (Lipinski definition) is 5. The summed E-state index contributed by atoms with van der Waals surface area (Å²) in [4.78, 5) is 0. The Bertz CT molecular complexity index is 422. The maximum Gasteiger partial charge on any atom is 0.139 e. The molecule has 98 valence electrons. The third-order valence-corrected chi connectivity index (χ3v) is 4.09. The predicted molar refractivity (Wildman–Crippen MR) is 64.1 cm³/mol. The maximum atomic E-state index is 10.3. The molecule has 1 saturated carbocycles. The number of nitrogens with zero attached hydrogens (tertiary/aromatic N) is 2. The van der Waals surface area contributed by atoms with Gasteiger partial charge in [0.25, 0.3) is 0 Å². The first-order valence-corrected chi connectivity index (χ1v) is 6.42. The summed E-state index contributed by atoms with van der Waals surface area (Å²) in [7, 11) is 0. The fourth-order valence-corrected chi connectivity index (χ4v) is 3.18. The second-order valence-corrected chi connectivity index (χ2v) is 5.11. The number of phenolic OH excluding ortho intramolecular Hbond substituents is 1. The van der Waals surface area contributed by atoms with Gasteiger partial charge in [-0.3, -0.25) is 0 Å². The zero-order chi connectivity index (χ0) is 12.7. The second kappa shape index (κ2) is 4.51. The third kappa shape index (κ3) is 1.71. The molecule has 1 aromatic carbocycles. The van der Waals surface area contributed by atoms with Crippen molar-refractivity contribution in [3.63, 3.8) is 0 Å². The van der Waals surface area contributed by atoms with Crippen molar-refractivity contribution in [1.29, 1.82) is 0 Å². The van der Waals surface area contributed by atoms with E-state index in [4.69, 9.17) is 0 Å². The molecule has 1 aliphatic heterocycles. The SMILES string of the molecule is Oc1ccccc1C1N(O)[C@H]2CCCC[C@@H]2N1O. The van der Waals surface area contributed by atoms with Gasteiger partial charge in [0.15, 0.2) is 0 Å². The standard InChI is InChI=1S/C13H18N2O3/c16-12-8-4-1-5-9(12)13-14(17)10-6-2-3-7-11(10)15(13)18/h1,4-5,8,10-11,13,16-18H,2-3,6-7H2/t10-,11-/m0/s1. The Labute approximate surface area is 106 Å². The summed E-state index contributed by atoms with van der Waals surface area (Å²) >= 11 is 0. The summed E-state index contributed by atoms with van der Waals surface area (Å²) < 4.78 is 0. The van der Waals surface area contributed by atoms with Crippen LogP contribution in [0.1, 0.15) is 37.4 Å². The van der Waals surface area contributed by atoms with Gasteiger partial charge in [0.2, 0.25) is 0 Å². The van der Waals surface area contributed by atoms with Crippen molar-refractivity contribution in [3.8, 4) is 5.75 Å². The lowest BCUT2D eigenvalue weighted by Crippen LogP contribution is -2.37. The van der Waals surface area contributed by atoms with E-state index in [2.05, 4.69) is 0 Å². The fourth-order valence-electron chi connectivity index (χ4n) is 3.18. The number of hydrogen-bond donors (Lipinski definition) is 3. The number of phenols is 1. The monoisotopic (exact) mass is 250 g/mol. The van der Waals surface area contributed by atoms with Crippen molar-refractivity contribution in [3.05, 3.63) is 29.8 Å². The second-order valence-electron chi connectivity index (χ2n) is 5.11. The highest BCUT2D eigenvalue weighted by Gasteiger charge is 2.48. The molecule has 2 fully saturated rings. The van der Waals surface area contributed by atoms with Gasteiger partial charge in [-0.2, -0.15) is 10.1 Å². The third-order valence-electron chi connectivity index (χ3n) is 4.09. The smallest absolute Gasteiger partial charge is 0.139 e. The fraction of sp³-hybridized carbons (Fsp3) is 0.538. The molecule has 18 heavy (non-hydrogen) atoms. The van der Waals surface area contributed by atoms with Crippen LogP contribution in [0.5, 0.6) is 5.75 Å². The lowest BCUT2D eigenvalue weighted by Gasteiger charge is -2.27. The molecular formula is C13H18N2O3. The molecule has 3 N–H and O–H groups in total. The van der Waals surface area contributed by atoms with Gasteiger partial charge in [-0.15, -0.1) is 0 Å². The van der Waals surface area contributed by atoms with Crippen molar-refractivity contribution in [2.24, 2.45) is 0 Å². The van der Waals surface area contributed by atoms with Crippen LogP contribution >= 0.6 is 0 Å². The zero-order valence-corrected chi connectivity index (χ0v) is 10.1. The largest absolute Gasteiger partial charge is 0.508 e. The van der Waals surface area contributed by atoms with E-state index >= 15 is 0 Å². The lowest BCUT2D eigenvalue weighted by molar-refractivity contribution is -0.211. The summed E-state index contributed by atoms with van der Waals surface area (Å²) in [6.45, 7) is 0. The molecule has 0 unspecified atom stereocenters. The first-order valence-electron chi connectivity index (χ1n) is 6.42. The molecule has 0 aromatic heterocycles. The minimum Gasteiger partial charge on any atom is -0.508 e. The summed E-state index contributed by atoms with van der Waals surface area (Å²) in [5.74, 6) is 0.0965. The number of para-hydroxylation sites is 1. The van der Waals surface area contributed by atoms with E-state index < -0.39 is 6.17 Å². The minimum absolute atomic E-state index is 0.0478. The van der Waals surface area contributed by atoms with Crippen LogP contribution < -0.4 is 0 Å². The first kappa shape index (κ1) is 11.9. The first-order chi connectivity index (χ1) is 8.70. The Hall–Kier alpha value is -1.14. The normalized spacial score (nSPS) is 30.6. The highest BCUT2D eigenvalue weighted by molar-refractivity contribution is 5.34. The van der Waals surface area contributed by atoms with Crippen LogP contribution in [0.15, 0.2) is 24.3 Å². The molecule has 1 heterocycles. The van der Waals surface area contributed by atoms with E-state index in [-0.39, 0.29) is 17.8 Å². The van der Waals surface area contributed by atoms with Gasteiger partial charge >= 0.3 is 0 Å². The molecule has 3 rings (SSSR count). The Kier molecular flexibility index (Phi) is 2.99. The van der Waals surface area contributed by atoms with Crippen LogP contribution in [0.3, 0.4) is 0 Å². The Balaban J connectivity index is 1.95. The molecule has 1 aromatic rings. The minimum atomic E-state index is -0.667. The quantitative estimate of drug-likeness (QED) is 0.712. The van der Waals surface area contributed by atoms with Gasteiger partial charge in [0.05, 0.1) is 12.1 Å². The van der Waals surface area contributed by atoms with E-state index in [1.807, 2.05) is 0 Å².